The minimum Gasteiger partial charge on any atom is -0.368 e. The van der Waals surface area contributed by atoms with Gasteiger partial charge in [-0.1, -0.05) is 29.8 Å². The Morgan fingerprint density at radius 2 is 1.97 bits per heavy atom. The fourth-order valence-electron chi connectivity index (χ4n) is 3.09. The Morgan fingerprint density at radius 1 is 1.17 bits per heavy atom. The summed E-state index contributed by atoms with van der Waals surface area (Å²) in [5.41, 5.74) is 7.67. The minimum atomic E-state index is -0.717. The molecular formula is C20H17ClN6O2. The van der Waals surface area contributed by atoms with Crippen molar-refractivity contribution in [3.63, 3.8) is 0 Å². The lowest BCUT2D eigenvalue weighted by molar-refractivity contribution is -0.119. The van der Waals surface area contributed by atoms with Crippen molar-refractivity contribution >= 4 is 40.5 Å². The van der Waals surface area contributed by atoms with Crippen LogP contribution in [0.3, 0.4) is 0 Å². The van der Waals surface area contributed by atoms with Gasteiger partial charge in [0, 0.05) is 24.5 Å². The number of nitrogens with two attached hydrogens (primary N) is 1. The Bertz CT molecular complexity index is 1080. The van der Waals surface area contributed by atoms with Gasteiger partial charge < -0.3 is 15.6 Å². The number of hydrogen-bond donors (Lipinski definition) is 2. The van der Waals surface area contributed by atoms with Gasteiger partial charge in [-0.3, -0.25) is 14.6 Å². The molecule has 1 unspecified atom stereocenters. The normalized spacial score (nSPS) is 15.8. The van der Waals surface area contributed by atoms with Crippen molar-refractivity contribution in [2.75, 3.05) is 10.3 Å². The predicted molar refractivity (Wildman–Crippen MR) is 111 cm³/mol. The molecule has 3 aromatic rings. The van der Waals surface area contributed by atoms with Crippen LogP contribution < -0.4 is 16.1 Å². The summed E-state index contributed by atoms with van der Waals surface area (Å²) in [5.74, 6) is -0.964. The molecular weight excluding hydrogens is 392 g/mol. The zero-order valence-corrected chi connectivity index (χ0v) is 16.0. The van der Waals surface area contributed by atoms with Crippen LogP contribution in [0.4, 0.5) is 11.4 Å². The quantitative estimate of drug-likeness (QED) is 0.676. The maximum atomic E-state index is 12.7. The summed E-state index contributed by atoms with van der Waals surface area (Å²) in [6.07, 6.45) is 5.18. The smallest absolute Gasteiger partial charge is 0.271 e. The molecule has 3 N–H and O–H groups in total. The summed E-state index contributed by atoms with van der Waals surface area (Å²) < 4.78 is 1.77. The fraction of sp³-hybridized carbons (Fsp3) is 0.100. The van der Waals surface area contributed by atoms with Crippen molar-refractivity contribution in [3.8, 4) is 5.69 Å². The standard InChI is InChI=1S/C20H17ClN6O2/c21-15-10-13(6-7-17(15)26-9-8-23-12-26)24-20(29)16-11-18(19(22)28)27(25-16)14-4-2-1-3-5-14/h1-10,12,18H,11H2,(H2,22,28)(H,24,29). The molecule has 0 bridgehead atoms. The highest BCUT2D eigenvalue weighted by Crippen LogP contribution is 2.26. The van der Waals surface area contributed by atoms with Crippen LogP contribution in [0.2, 0.25) is 5.02 Å². The van der Waals surface area contributed by atoms with Gasteiger partial charge in [-0.05, 0) is 30.3 Å². The average molecular weight is 409 g/mol. The molecule has 1 aliphatic rings. The van der Waals surface area contributed by atoms with Crippen molar-refractivity contribution in [3.05, 3.63) is 72.3 Å². The van der Waals surface area contributed by atoms with E-state index in [-0.39, 0.29) is 12.1 Å². The van der Waals surface area contributed by atoms with E-state index in [2.05, 4.69) is 15.4 Å². The molecule has 0 saturated carbocycles. The van der Waals surface area contributed by atoms with E-state index in [0.29, 0.717) is 16.4 Å². The number of nitrogens with one attached hydrogen (secondary N) is 1. The molecule has 0 aliphatic carbocycles. The highest BCUT2D eigenvalue weighted by atomic mass is 35.5. The maximum Gasteiger partial charge on any atom is 0.271 e. The molecule has 0 saturated heterocycles. The van der Waals surface area contributed by atoms with Crippen LogP contribution in [-0.4, -0.2) is 33.1 Å². The van der Waals surface area contributed by atoms with E-state index in [0.717, 1.165) is 5.69 Å². The number of rotatable bonds is 5. The zero-order chi connectivity index (χ0) is 20.4. The van der Waals surface area contributed by atoms with Crippen LogP contribution in [0, 0.1) is 0 Å². The Labute approximate surface area is 171 Å². The van der Waals surface area contributed by atoms with Gasteiger partial charge in [-0.15, -0.1) is 0 Å². The minimum absolute atomic E-state index is 0.122. The van der Waals surface area contributed by atoms with Crippen LogP contribution in [0.1, 0.15) is 6.42 Å². The third-order valence-electron chi connectivity index (χ3n) is 4.51. The van der Waals surface area contributed by atoms with Crippen molar-refractivity contribution in [2.45, 2.75) is 12.5 Å². The number of nitrogens with zero attached hydrogens (tertiary/aromatic N) is 4. The van der Waals surface area contributed by atoms with Gasteiger partial charge in [0.25, 0.3) is 5.91 Å². The largest absolute Gasteiger partial charge is 0.368 e. The first-order valence-electron chi connectivity index (χ1n) is 8.83. The van der Waals surface area contributed by atoms with Gasteiger partial charge in [0.2, 0.25) is 5.91 Å². The van der Waals surface area contributed by atoms with E-state index in [1.807, 2.05) is 18.2 Å². The summed E-state index contributed by atoms with van der Waals surface area (Å²) in [5, 5.41) is 9.03. The molecule has 0 fully saturated rings. The number of halogens is 1. The van der Waals surface area contributed by atoms with Crippen LogP contribution in [0.5, 0.6) is 0 Å². The second-order valence-electron chi connectivity index (χ2n) is 6.44. The number of para-hydroxylation sites is 1. The number of benzene rings is 2. The van der Waals surface area contributed by atoms with E-state index in [4.69, 9.17) is 17.3 Å². The molecule has 1 aliphatic heterocycles. The van der Waals surface area contributed by atoms with Crippen LogP contribution in [0.15, 0.2) is 72.4 Å². The van der Waals surface area contributed by atoms with Gasteiger partial charge in [-0.25, -0.2) is 4.98 Å². The van der Waals surface area contributed by atoms with Crippen molar-refractivity contribution in [2.24, 2.45) is 10.8 Å². The van der Waals surface area contributed by atoms with Gasteiger partial charge in [0.1, 0.15) is 11.8 Å². The number of imidazole rings is 1. The van der Waals surface area contributed by atoms with E-state index in [1.165, 1.54) is 5.01 Å². The van der Waals surface area contributed by atoms with Crippen LogP contribution >= 0.6 is 11.6 Å². The number of carbonyl (C=O) groups excluding carboxylic acids is 2. The number of hydrazone groups is 1. The molecule has 2 heterocycles. The van der Waals surface area contributed by atoms with E-state index < -0.39 is 17.9 Å². The molecule has 2 amide bonds. The molecule has 1 aromatic heterocycles. The summed E-state index contributed by atoms with van der Waals surface area (Å²) in [6.45, 7) is 0. The Balaban J connectivity index is 1.54. The zero-order valence-electron chi connectivity index (χ0n) is 15.2. The van der Waals surface area contributed by atoms with Gasteiger partial charge in [0.15, 0.2) is 0 Å². The SMILES string of the molecule is NC(=O)C1CC(C(=O)Nc2ccc(-n3ccnc3)c(Cl)c2)=NN1c1ccccc1. The second kappa shape index (κ2) is 7.76. The number of hydrogen-bond acceptors (Lipinski definition) is 5. The van der Waals surface area contributed by atoms with Crippen molar-refractivity contribution < 1.29 is 9.59 Å². The fourth-order valence-corrected chi connectivity index (χ4v) is 3.36. The number of aromatic nitrogens is 2. The van der Waals surface area contributed by atoms with E-state index in [9.17, 15) is 9.59 Å². The first-order valence-corrected chi connectivity index (χ1v) is 9.21. The molecule has 9 heteroatoms. The third-order valence-corrected chi connectivity index (χ3v) is 4.81. The molecule has 1 atom stereocenters. The first kappa shape index (κ1) is 18.7. The maximum absolute atomic E-state index is 12.7. The number of primary amides is 1. The molecule has 0 spiro atoms. The summed E-state index contributed by atoms with van der Waals surface area (Å²) in [7, 11) is 0. The lowest BCUT2D eigenvalue weighted by atomic mass is 10.1. The lowest BCUT2D eigenvalue weighted by Gasteiger charge is -2.20. The third kappa shape index (κ3) is 3.83. The summed E-state index contributed by atoms with van der Waals surface area (Å²) in [4.78, 5) is 28.6. The van der Waals surface area contributed by atoms with Gasteiger partial charge in [0.05, 0.1) is 22.7 Å². The highest BCUT2D eigenvalue weighted by molar-refractivity contribution is 6.44. The Morgan fingerprint density at radius 3 is 2.62 bits per heavy atom. The second-order valence-corrected chi connectivity index (χ2v) is 6.85. The van der Waals surface area contributed by atoms with Gasteiger partial charge >= 0.3 is 0 Å². The summed E-state index contributed by atoms with van der Waals surface area (Å²) in [6, 6.07) is 13.5. The molecule has 8 nitrogen and oxygen atoms in total. The molecule has 0 radical (unpaired) electrons. The van der Waals surface area contributed by atoms with Crippen molar-refractivity contribution in [1.82, 2.24) is 9.55 Å². The lowest BCUT2D eigenvalue weighted by Crippen LogP contribution is -2.39. The monoisotopic (exact) mass is 408 g/mol. The molecule has 4 rings (SSSR count). The van der Waals surface area contributed by atoms with Gasteiger partial charge in [-0.2, -0.15) is 5.10 Å². The Kier molecular flexibility index (Phi) is 5.01. The first-order chi connectivity index (χ1) is 14.0. The molecule has 2 aromatic carbocycles. The molecule has 146 valence electrons. The van der Waals surface area contributed by atoms with E-state index in [1.54, 1.807) is 53.6 Å². The predicted octanol–water partition coefficient (Wildman–Crippen LogP) is 2.58. The van der Waals surface area contributed by atoms with Crippen LogP contribution in [0.25, 0.3) is 5.69 Å². The average Bonchev–Trinajstić information content (AvgIpc) is 3.39. The summed E-state index contributed by atoms with van der Waals surface area (Å²) >= 11 is 6.33. The highest BCUT2D eigenvalue weighted by Gasteiger charge is 2.34. The molecule has 29 heavy (non-hydrogen) atoms. The number of anilines is 2. The van der Waals surface area contributed by atoms with Crippen molar-refractivity contribution in [1.29, 1.82) is 0 Å². The topological polar surface area (TPSA) is 106 Å². The number of carbonyl (C=O) groups is 2. The van der Waals surface area contributed by atoms with E-state index >= 15 is 0 Å². The number of amides is 2. The van der Waals surface area contributed by atoms with Crippen LogP contribution in [-0.2, 0) is 9.59 Å². The Hall–Kier alpha value is -3.65.